The molecule has 12 heteroatoms. The molecule has 0 aromatic heterocycles. The topological polar surface area (TPSA) is 129 Å². The maximum atomic E-state index is 15.0. The van der Waals surface area contributed by atoms with Crippen molar-refractivity contribution in [3.05, 3.63) is 85.5 Å². The van der Waals surface area contributed by atoms with E-state index in [0.29, 0.717) is 37.9 Å². The number of hydrogen-bond acceptors (Lipinski definition) is 8. The van der Waals surface area contributed by atoms with E-state index in [2.05, 4.69) is 53.2 Å². The summed E-state index contributed by atoms with van der Waals surface area (Å²) in [5.41, 5.74) is 1.22. The molecule has 1 unspecified atom stereocenters. The number of fused-ring (bicyclic) bond motifs is 1. The zero-order valence-electron chi connectivity index (χ0n) is 31.5. The van der Waals surface area contributed by atoms with E-state index in [0.717, 1.165) is 37.2 Å². The fraction of sp³-hybridized carbons (Fsp3) is 0.524. The van der Waals surface area contributed by atoms with Crippen LogP contribution in [0, 0.1) is 11.8 Å². The van der Waals surface area contributed by atoms with Gasteiger partial charge in [-0.3, -0.25) is 19.2 Å². The number of nitrogens with zero attached hydrogens (tertiary/aromatic N) is 3. The molecule has 2 aromatic carbocycles. The third-order valence-corrected chi connectivity index (χ3v) is 11.8. The Morgan fingerprint density at radius 2 is 1.72 bits per heavy atom. The normalized spacial score (nSPS) is 24.5. The summed E-state index contributed by atoms with van der Waals surface area (Å²) in [5, 5.41) is 12.4. The van der Waals surface area contributed by atoms with Gasteiger partial charge in [0.1, 0.15) is 18.2 Å². The van der Waals surface area contributed by atoms with Gasteiger partial charge >= 0.3 is 5.97 Å². The minimum absolute atomic E-state index is 0.0872. The predicted octanol–water partition coefficient (Wildman–Crippen LogP) is 5.72. The minimum atomic E-state index is -1.25. The molecular weight excluding hydrogens is 752 g/mol. The van der Waals surface area contributed by atoms with Crippen LogP contribution in [0.2, 0.25) is 0 Å². The minimum Gasteiger partial charge on any atom is -0.463 e. The van der Waals surface area contributed by atoms with Crippen molar-refractivity contribution in [2.24, 2.45) is 11.8 Å². The van der Waals surface area contributed by atoms with E-state index < -0.39 is 47.5 Å². The molecule has 0 radical (unpaired) electrons. The first kappa shape index (κ1) is 41.2. The number of likely N-dealkylation sites (tertiary alicyclic amines) is 1. The Balaban J connectivity index is 1.47. The lowest BCUT2D eigenvalue weighted by Gasteiger charge is -2.37. The summed E-state index contributed by atoms with van der Waals surface area (Å²) in [5.74, 6) is -3.15. The quantitative estimate of drug-likeness (QED) is 0.0710. The Morgan fingerprint density at radius 3 is 2.37 bits per heavy atom. The smallest absolute Gasteiger partial charge is 0.306 e. The molecular formula is C42H55BrN4O7. The average Bonchev–Trinajstić information content (AvgIpc) is 3.78. The fourth-order valence-electron chi connectivity index (χ4n) is 8.37. The first-order chi connectivity index (χ1) is 26.1. The van der Waals surface area contributed by atoms with Crippen LogP contribution in [0.1, 0.15) is 70.4 Å². The molecule has 5 rings (SSSR count). The van der Waals surface area contributed by atoms with Crippen LogP contribution in [-0.4, -0.2) is 95.7 Å². The van der Waals surface area contributed by atoms with Crippen molar-refractivity contribution in [3.8, 4) is 0 Å². The van der Waals surface area contributed by atoms with Crippen molar-refractivity contribution < 1.29 is 33.8 Å². The Labute approximate surface area is 327 Å². The lowest BCUT2D eigenvalue weighted by atomic mass is 9.70. The molecule has 292 valence electrons. The Morgan fingerprint density at radius 1 is 1.04 bits per heavy atom. The molecule has 7 atom stereocenters. The predicted molar refractivity (Wildman–Crippen MR) is 213 cm³/mol. The maximum Gasteiger partial charge on any atom is 0.306 e. The van der Waals surface area contributed by atoms with Crippen LogP contribution in [0.15, 0.2) is 79.9 Å². The van der Waals surface area contributed by atoms with Crippen LogP contribution in [0.5, 0.6) is 0 Å². The third-order valence-electron chi connectivity index (χ3n) is 11.0. The number of hydrogen-bond donors (Lipinski definition) is 2. The van der Waals surface area contributed by atoms with Crippen LogP contribution < -0.4 is 15.1 Å². The highest BCUT2D eigenvalue weighted by molar-refractivity contribution is 9.09. The summed E-state index contributed by atoms with van der Waals surface area (Å²) in [6.07, 6.45) is 6.54. The number of ether oxygens (including phenoxy) is 2. The van der Waals surface area contributed by atoms with Gasteiger partial charge in [-0.05, 0) is 69.4 Å². The molecule has 3 amide bonds. The van der Waals surface area contributed by atoms with Gasteiger partial charge in [-0.15, -0.1) is 13.2 Å². The van der Waals surface area contributed by atoms with Gasteiger partial charge in [0, 0.05) is 55.4 Å². The van der Waals surface area contributed by atoms with Gasteiger partial charge in [0.25, 0.3) is 5.91 Å². The number of aliphatic hydroxyl groups is 1. The van der Waals surface area contributed by atoms with Crippen LogP contribution in [-0.2, 0) is 28.7 Å². The highest BCUT2D eigenvalue weighted by atomic mass is 79.9. The highest BCUT2D eigenvalue weighted by Gasteiger charge is 2.76. The largest absolute Gasteiger partial charge is 0.463 e. The second-order valence-corrected chi connectivity index (χ2v) is 15.4. The molecule has 3 saturated heterocycles. The van der Waals surface area contributed by atoms with E-state index in [1.54, 1.807) is 22.0 Å². The Kier molecular flexibility index (Phi) is 14.5. The molecule has 2 N–H and O–H groups in total. The number of carbonyl (C=O) groups is 4. The van der Waals surface area contributed by atoms with Crippen LogP contribution in [0.3, 0.4) is 0 Å². The van der Waals surface area contributed by atoms with Crippen molar-refractivity contribution in [2.45, 2.75) is 87.4 Å². The molecule has 3 aliphatic rings. The summed E-state index contributed by atoms with van der Waals surface area (Å²) in [7, 11) is 0. The number of aliphatic hydroxyl groups excluding tert-OH is 1. The number of nitrogens with one attached hydrogen (secondary N) is 1. The van der Waals surface area contributed by atoms with Gasteiger partial charge in [0.15, 0.2) is 0 Å². The van der Waals surface area contributed by atoms with Gasteiger partial charge in [0.2, 0.25) is 11.8 Å². The molecule has 11 nitrogen and oxygen atoms in total. The second kappa shape index (κ2) is 19.0. The van der Waals surface area contributed by atoms with E-state index in [4.69, 9.17) is 9.47 Å². The zero-order chi connectivity index (χ0) is 38.8. The number of halogens is 1. The third kappa shape index (κ3) is 8.61. The van der Waals surface area contributed by atoms with E-state index in [1.807, 2.05) is 54.6 Å². The van der Waals surface area contributed by atoms with Crippen molar-refractivity contribution in [1.29, 1.82) is 0 Å². The van der Waals surface area contributed by atoms with Crippen molar-refractivity contribution in [2.75, 3.05) is 49.2 Å². The van der Waals surface area contributed by atoms with Gasteiger partial charge in [-0.1, -0.05) is 71.3 Å². The van der Waals surface area contributed by atoms with Crippen molar-refractivity contribution in [1.82, 2.24) is 10.2 Å². The number of alkyl halides is 1. The Hall–Kier alpha value is -4.00. The van der Waals surface area contributed by atoms with Crippen LogP contribution in [0.4, 0.5) is 11.4 Å². The molecule has 3 fully saturated rings. The molecule has 0 saturated carbocycles. The number of rotatable bonds is 21. The van der Waals surface area contributed by atoms with Gasteiger partial charge in [-0.2, -0.15) is 0 Å². The molecule has 2 aromatic rings. The number of amides is 3. The fourth-order valence-corrected chi connectivity index (χ4v) is 9.31. The second-order valence-electron chi connectivity index (χ2n) is 14.2. The Bertz CT molecular complexity index is 1620. The summed E-state index contributed by atoms with van der Waals surface area (Å²) in [4.78, 5) is 62.0. The number of allylic oxidation sites excluding steroid dienone is 1. The first-order valence-electron chi connectivity index (χ1n) is 19.3. The maximum absolute atomic E-state index is 15.0. The zero-order valence-corrected chi connectivity index (χ0v) is 33.1. The summed E-state index contributed by atoms with van der Waals surface area (Å²) in [6, 6.07) is 15.5. The number of benzene rings is 2. The van der Waals surface area contributed by atoms with E-state index in [-0.39, 0.29) is 42.8 Å². The lowest BCUT2D eigenvalue weighted by Crippen LogP contribution is -2.57. The SMILES string of the molecule is C=CCCC(=O)OC[C@@H](NC(=O)[C@H]1[C@@H]2O[C@@]3(CC2Br)[C@@H]1C(=O)N(CCCCCCO)[C@@H]3C(=O)N(CC=C)c1ccc(N(CC)CC)cc1)c1ccccc1. The molecule has 3 heterocycles. The molecule has 2 bridgehead atoms. The van der Waals surface area contributed by atoms with E-state index in [9.17, 15) is 19.5 Å². The standard InChI is InChI=1S/C42H55BrN4O7/c1-5-9-19-34(49)53-28-33(29-17-13-12-14-18-29)44-39(50)35-36-40(51)47(25-15-10-11-16-26-48)38(42(36)27-32(43)37(35)54-42)41(52)46(24-6-2)31-22-20-30(21-23-31)45(7-3)8-4/h5-6,12-14,17-18,20-23,32-33,35-38,48H,1-2,7-11,15-16,19,24-28H2,3-4H3,(H,44,50)/t32?,33-,35-,36+,37-,38-,42+/m1/s1. The summed E-state index contributed by atoms with van der Waals surface area (Å²) in [6.45, 7) is 14.0. The first-order valence-corrected chi connectivity index (χ1v) is 20.2. The van der Waals surface area contributed by atoms with Gasteiger partial charge < -0.3 is 34.6 Å². The number of carbonyl (C=O) groups excluding carboxylic acids is 4. The van der Waals surface area contributed by atoms with Crippen molar-refractivity contribution >= 4 is 51.0 Å². The lowest BCUT2D eigenvalue weighted by molar-refractivity contribution is -0.145. The van der Waals surface area contributed by atoms with Crippen LogP contribution >= 0.6 is 15.9 Å². The number of unbranched alkanes of at least 4 members (excludes halogenated alkanes) is 3. The summed E-state index contributed by atoms with van der Waals surface area (Å²) < 4.78 is 12.4. The molecule has 0 aliphatic carbocycles. The van der Waals surface area contributed by atoms with E-state index in [1.165, 1.54) is 0 Å². The molecule has 54 heavy (non-hydrogen) atoms. The van der Waals surface area contributed by atoms with Crippen molar-refractivity contribution in [3.63, 3.8) is 0 Å². The van der Waals surface area contributed by atoms with Gasteiger partial charge in [0.05, 0.1) is 24.0 Å². The van der Waals surface area contributed by atoms with Gasteiger partial charge in [-0.25, -0.2) is 0 Å². The molecule has 1 spiro atoms. The average molecular weight is 808 g/mol. The monoisotopic (exact) mass is 806 g/mol. The number of anilines is 2. The van der Waals surface area contributed by atoms with E-state index >= 15 is 4.79 Å². The summed E-state index contributed by atoms with van der Waals surface area (Å²) >= 11 is 3.78. The highest BCUT2D eigenvalue weighted by Crippen LogP contribution is 2.60. The van der Waals surface area contributed by atoms with Crippen LogP contribution in [0.25, 0.3) is 0 Å². The number of esters is 1. The molecule has 3 aliphatic heterocycles.